The molecule has 0 radical (unpaired) electrons. The van der Waals surface area contributed by atoms with Crippen LogP contribution in [0.2, 0.25) is 0 Å². The fourth-order valence-electron chi connectivity index (χ4n) is 3.68. The molecule has 1 amide bonds. The van der Waals surface area contributed by atoms with Gasteiger partial charge in [-0.25, -0.2) is 0 Å². The highest BCUT2D eigenvalue weighted by molar-refractivity contribution is 7.87. The molecular formula is C19H29N3O5S2. The predicted molar refractivity (Wildman–Crippen MR) is 116 cm³/mol. The number of anilines is 1. The SMILES string of the molecule is CNC(=S)N(C(=O)C(C)Cc1ccc(OC)c(NS(=O)(=O)O)c1)C1CCCCC1. The minimum Gasteiger partial charge on any atom is -0.495 e. The van der Waals surface area contributed by atoms with Crippen LogP contribution in [0.15, 0.2) is 18.2 Å². The number of nitrogens with zero attached hydrogens (tertiary/aromatic N) is 1. The van der Waals surface area contributed by atoms with E-state index in [1.165, 1.54) is 13.5 Å². The van der Waals surface area contributed by atoms with E-state index in [9.17, 15) is 13.2 Å². The molecule has 29 heavy (non-hydrogen) atoms. The van der Waals surface area contributed by atoms with Crippen molar-refractivity contribution in [1.29, 1.82) is 0 Å². The van der Waals surface area contributed by atoms with Crippen molar-refractivity contribution < 1.29 is 22.5 Å². The Bertz CT molecular complexity index is 838. The lowest BCUT2D eigenvalue weighted by Gasteiger charge is -2.35. The third-order valence-electron chi connectivity index (χ3n) is 5.08. The van der Waals surface area contributed by atoms with E-state index in [1.54, 1.807) is 30.1 Å². The van der Waals surface area contributed by atoms with Gasteiger partial charge in [0.15, 0.2) is 5.11 Å². The van der Waals surface area contributed by atoms with E-state index in [-0.39, 0.29) is 29.3 Å². The molecule has 162 valence electrons. The van der Waals surface area contributed by atoms with Crippen LogP contribution in [0.3, 0.4) is 0 Å². The molecule has 0 aromatic heterocycles. The zero-order valence-corrected chi connectivity index (χ0v) is 18.6. The molecule has 0 heterocycles. The molecule has 1 unspecified atom stereocenters. The first-order valence-corrected chi connectivity index (χ1v) is 11.5. The molecule has 0 bridgehead atoms. The Morgan fingerprint density at radius 1 is 1.34 bits per heavy atom. The Morgan fingerprint density at radius 2 is 2.00 bits per heavy atom. The zero-order valence-electron chi connectivity index (χ0n) is 17.0. The molecule has 1 saturated carbocycles. The Morgan fingerprint density at radius 3 is 2.55 bits per heavy atom. The summed E-state index contributed by atoms with van der Waals surface area (Å²) in [7, 11) is -1.33. The van der Waals surface area contributed by atoms with Gasteiger partial charge in [0, 0.05) is 19.0 Å². The number of hydrogen-bond acceptors (Lipinski definition) is 5. The lowest BCUT2D eigenvalue weighted by molar-refractivity contribution is -0.133. The number of carbonyl (C=O) groups excluding carboxylic acids is 1. The average Bonchev–Trinajstić information content (AvgIpc) is 2.67. The molecule has 0 spiro atoms. The number of methoxy groups -OCH3 is 1. The number of rotatable bonds is 7. The monoisotopic (exact) mass is 443 g/mol. The smallest absolute Gasteiger partial charge is 0.357 e. The van der Waals surface area contributed by atoms with Crippen molar-refractivity contribution in [3.8, 4) is 5.75 Å². The van der Waals surface area contributed by atoms with Gasteiger partial charge in [-0.1, -0.05) is 32.3 Å². The minimum atomic E-state index is -4.44. The van der Waals surface area contributed by atoms with Crippen LogP contribution in [0.4, 0.5) is 5.69 Å². The number of hydrogen-bond donors (Lipinski definition) is 3. The van der Waals surface area contributed by atoms with Crippen LogP contribution in [-0.4, -0.2) is 49.1 Å². The summed E-state index contributed by atoms with van der Waals surface area (Å²) in [4.78, 5) is 14.9. The molecule has 1 aliphatic carbocycles. The van der Waals surface area contributed by atoms with Crippen molar-refractivity contribution in [2.24, 2.45) is 5.92 Å². The minimum absolute atomic E-state index is 0.0589. The van der Waals surface area contributed by atoms with Crippen LogP contribution in [-0.2, 0) is 21.5 Å². The van der Waals surface area contributed by atoms with E-state index >= 15 is 0 Å². The largest absolute Gasteiger partial charge is 0.495 e. The maximum atomic E-state index is 13.2. The van der Waals surface area contributed by atoms with E-state index in [4.69, 9.17) is 21.5 Å². The van der Waals surface area contributed by atoms with Crippen molar-refractivity contribution in [2.75, 3.05) is 18.9 Å². The van der Waals surface area contributed by atoms with E-state index in [0.29, 0.717) is 11.5 Å². The first-order valence-electron chi connectivity index (χ1n) is 9.63. The van der Waals surface area contributed by atoms with Crippen LogP contribution in [0.25, 0.3) is 0 Å². The van der Waals surface area contributed by atoms with Crippen molar-refractivity contribution in [2.45, 2.75) is 51.5 Å². The van der Waals surface area contributed by atoms with E-state index < -0.39 is 10.3 Å². The van der Waals surface area contributed by atoms with E-state index in [2.05, 4.69) is 5.32 Å². The number of nitrogens with one attached hydrogen (secondary N) is 2. The highest BCUT2D eigenvalue weighted by atomic mass is 32.2. The molecule has 0 aliphatic heterocycles. The van der Waals surface area contributed by atoms with Crippen LogP contribution in [0, 0.1) is 5.92 Å². The first kappa shape index (κ1) is 23.4. The highest BCUT2D eigenvalue weighted by Gasteiger charge is 2.31. The predicted octanol–water partition coefficient (Wildman–Crippen LogP) is 2.75. The van der Waals surface area contributed by atoms with Gasteiger partial charge in [0.05, 0.1) is 12.8 Å². The van der Waals surface area contributed by atoms with E-state index in [1.807, 2.05) is 11.6 Å². The van der Waals surface area contributed by atoms with Gasteiger partial charge in [0.25, 0.3) is 0 Å². The molecule has 2 rings (SSSR count). The fourth-order valence-corrected chi connectivity index (χ4v) is 4.36. The van der Waals surface area contributed by atoms with Gasteiger partial charge in [-0.15, -0.1) is 0 Å². The summed E-state index contributed by atoms with van der Waals surface area (Å²) in [5.74, 6) is -0.155. The van der Waals surface area contributed by atoms with Gasteiger partial charge in [0.1, 0.15) is 5.75 Å². The summed E-state index contributed by atoms with van der Waals surface area (Å²) >= 11 is 5.40. The molecule has 8 nitrogen and oxygen atoms in total. The molecule has 1 fully saturated rings. The number of amides is 1. The number of benzene rings is 1. The number of carbonyl (C=O) groups is 1. The molecular weight excluding hydrogens is 414 g/mol. The Hall–Kier alpha value is -1.91. The van der Waals surface area contributed by atoms with Crippen molar-refractivity contribution in [3.63, 3.8) is 0 Å². The standard InChI is InChI=1S/C19H29N3O5S2/c1-13(18(23)22(19(28)20-2)15-7-5-4-6-8-15)11-14-9-10-17(27-3)16(12-14)21-29(24,25)26/h9-10,12-13,15,21H,4-8,11H2,1-3H3,(H,20,28)(H,24,25,26). The summed E-state index contributed by atoms with van der Waals surface area (Å²) in [6, 6.07) is 5.01. The van der Waals surface area contributed by atoms with Gasteiger partial charge in [-0.2, -0.15) is 8.42 Å². The average molecular weight is 444 g/mol. The van der Waals surface area contributed by atoms with Gasteiger partial charge >= 0.3 is 10.3 Å². The second kappa shape index (κ2) is 10.2. The molecule has 1 aromatic carbocycles. The summed E-state index contributed by atoms with van der Waals surface area (Å²) in [5.41, 5.74) is 0.846. The highest BCUT2D eigenvalue weighted by Crippen LogP contribution is 2.29. The van der Waals surface area contributed by atoms with Crippen molar-refractivity contribution >= 4 is 39.2 Å². The molecule has 10 heteroatoms. The fraction of sp³-hybridized carbons (Fsp3) is 0.579. The molecule has 3 N–H and O–H groups in total. The maximum absolute atomic E-state index is 13.2. The van der Waals surface area contributed by atoms with Gasteiger partial charge in [0.2, 0.25) is 5.91 Å². The molecule has 1 aromatic rings. The third kappa shape index (κ3) is 6.55. The van der Waals surface area contributed by atoms with Crippen LogP contribution >= 0.6 is 12.2 Å². The normalized spacial score (nSPS) is 16.0. The van der Waals surface area contributed by atoms with Gasteiger partial charge in [-0.3, -0.25) is 19.0 Å². The lowest BCUT2D eigenvalue weighted by Crippen LogP contribution is -2.51. The zero-order chi connectivity index (χ0) is 21.6. The Balaban J connectivity index is 2.20. The van der Waals surface area contributed by atoms with E-state index in [0.717, 1.165) is 31.2 Å². The van der Waals surface area contributed by atoms with Crippen LogP contribution in [0.5, 0.6) is 5.75 Å². The number of thiocarbonyl (C=S) groups is 1. The van der Waals surface area contributed by atoms with Crippen molar-refractivity contribution in [3.05, 3.63) is 23.8 Å². The summed E-state index contributed by atoms with van der Waals surface area (Å²) in [6.07, 6.45) is 5.60. The summed E-state index contributed by atoms with van der Waals surface area (Å²) < 4.78 is 38.6. The van der Waals surface area contributed by atoms with Crippen LogP contribution < -0.4 is 14.8 Å². The Labute approximate surface area is 177 Å². The molecule has 1 aliphatic rings. The lowest BCUT2D eigenvalue weighted by atomic mass is 9.92. The summed E-state index contributed by atoms with van der Waals surface area (Å²) in [6.45, 7) is 1.83. The second-order valence-electron chi connectivity index (χ2n) is 7.27. The van der Waals surface area contributed by atoms with Crippen molar-refractivity contribution in [1.82, 2.24) is 10.2 Å². The number of ether oxygens (including phenoxy) is 1. The first-order chi connectivity index (χ1) is 13.7. The maximum Gasteiger partial charge on any atom is 0.357 e. The second-order valence-corrected chi connectivity index (χ2v) is 8.81. The van der Waals surface area contributed by atoms with Crippen LogP contribution in [0.1, 0.15) is 44.6 Å². The van der Waals surface area contributed by atoms with Gasteiger partial charge < -0.3 is 10.1 Å². The summed E-state index contributed by atoms with van der Waals surface area (Å²) in [5, 5.41) is 3.36. The molecule has 1 atom stereocenters. The molecule has 0 saturated heterocycles. The Kier molecular flexibility index (Phi) is 8.23. The van der Waals surface area contributed by atoms with Gasteiger partial charge in [-0.05, 0) is 49.2 Å². The third-order valence-corrected chi connectivity index (χ3v) is 5.95. The quantitative estimate of drug-likeness (QED) is 0.439. The topological polar surface area (TPSA) is 108 Å².